The molecule has 4 aromatic rings. The topological polar surface area (TPSA) is 67.8 Å². The first-order valence-electron chi connectivity index (χ1n) is 8.35. The summed E-state index contributed by atoms with van der Waals surface area (Å²) in [5, 5.41) is 7.29. The highest BCUT2D eigenvalue weighted by molar-refractivity contribution is 7.99. The summed E-state index contributed by atoms with van der Waals surface area (Å²) in [7, 11) is 0. The largest absolute Gasteiger partial charge is 0.301 e. The van der Waals surface area contributed by atoms with Gasteiger partial charge in [0.05, 0.1) is 22.0 Å². The lowest BCUT2D eigenvalue weighted by molar-refractivity contribution is -0.113. The van der Waals surface area contributed by atoms with E-state index in [1.807, 2.05) is 47.8 Å². The highest BCUT2D eigenvalue weighted by Gasteiger charge is 2.10. The minimum atomic E-state index is -0.102. The maximum Gasteiger partial charge on any atom is 0.236 e. The number of anilines is 1. The van der Waals surface area contributed by atoms with Crippen molar-refractivity contribution in [3.63, 3.8) is 0 Å². The van der Waals surface area contributed by atoms with Gasteiger partial charge in [0.1, 0.15) is 5.69 Å². The third-order valence-electron chi connectivity index (χ3n) is 3.93. The Hall–Kier alpha value is -2.77. The molecule has 0 aliphatic heterocycles. The Morgan fingerprint density at radius 2 is 1.96 bits per heavy atom. The summed E-state index contributed by atoms with van der Waals surface area (Å²) < 4.78 is 0. The summed E-state index contributed by atoms with van der Waals surface area (Å²) in [6, 6.07) is 15.7. The van der Waals surface area contributed by atoms with Crippen LogP contribution < -0.4 is 5.32 Å². The fourth-order valence-electron chi connectivity index (χ4n) is 2.65. The maximum absolute atomic E-state index is 12.3. The lowest BCUT2D eigenvalue weighted by atomic mass is 10.1. The Morgan fingerprint density at radius 3 is 2.81 bits per heavy atom. The highest BCUT2D eigenvalue weighted by Crippen LogP contribution is 2.25. The minimum Gasteiger partial charge on any atom is -0.301 e. The second kappa shape index (κ2) is 7.85. The molecule has 0 atom stereocenters. The van der Waals surface area contributed by atoms with E-state index in [0.717, 1.165) is 32.9 Å². The number of hydrogen-bond acceptors (Lipinski definition) is 6. The number of nitrogens with one attached hydrogen (secondary N) is 1. The number of thiazole rings is 1. The van der Waals surface area contributed by atoms with E-state index in [2.05, 4.69) is 33.3 Å². The Labute approximate surface area is 164 Å². The summed E-state index contributed by atoms with van der Waals surface area (Å²) in [5.41, 5.74) is 3.65. The lowest BCUT2D eigenvalue weighted by Crippen LogP contribution is -2.14. The molecule has 3 heterocycles. The molecule has 0 aliphatic rings. The van der Waals surface area contributed by atoms with E-state index >= 15 is 0 Å². The zero-order valence-corrected chi connectivity index (χ0v) is 16.2. The molecule has 3 aromatic heterocycles. The van der Waals surface area contributed by atoms with E-state index < -0.39 is 0 Å². The van der Waals surface area contributed by atoms with Crippen molar-refractivity contribution in [3.8, 4) is 11.4 Å². The number of benzene rings is 1. The van der Waals surface area contributed by atoms with Crippen LogP contribution in [-0.2, 0) is 4.79 Å². The third kappa shape index (κ3) is 4.15. The fraction of sp³-hybridized carbons (Fsp3) is 0.100. The first kappa shape index (κ1) is 17.6. The average molecular weight is 393 g/mol. The molecule has 0 saturated heterocycles. The van der Waals surface area contributed by atoms with Crippen molar-refractivity contribution in [1.82, 2.24) is 15.0 Å². The number of aryl methyl sites for hydroxylation is 1. The first-order chi connectivity index (χ1) is 13.2. The van der Waals surface area contributed by atoms with Gasteiger partial charge in [-0.2, -0.15) is 0 Å². The van der Waals surface area contributed by atoms with Crippen LogP contribution in [0.4, 0.5) is 5.13 Å². The van der Waals surface area contributed by atoms with E-state index in [0.29, 0.717) is 5.13 Å². The van der Waals surface area contributed by atoms with Crippen LogP contribution in [-0.4, -0.2) is 26.6 Å². The van der Waals surface area contributed by atoms with Crippen molar-refractivity contribution >= 4 is 45.0 Å². The molecule has 0 bridgehead atoms. The SMILES string of the molecule is Cc1cc(SCC(=O)Nc2nc(-c3ccccn3)cs2)nc2ccccc12. The number of aromatic nitrogens is 3. The summed E-state index contributed by atoms with van der Waals surface area (Å²) >= 11 is 2.81. The molecule has 0 saturated carbocycles. The predicted octanol–water partition coefficient (Wildman–Crippen LogP) is 4.79. The van der Waals surface area contributed by atoms with E-state index in [9.17, 15) is 4.79 Å². The van der Waals surface area contributed by atoms with Gasteiger partial charge in [0.2, 0.25) is 5.91 Å². The van der Waals surface area contributed by atoms with Crippen LogP contribution in [0.25, 0.3) is 22.3 Å². The van der Waals surface area contributed by atoms with Crippen LogP contribution in [0.2, 0.25) is 0 Å². The van der Waals surface area contributed by atoms with Gasteiger partial charge in [-0.15, -0.1) is 11.3 Å². The van der Waals surface area contributed by atoms with Crippen LogP contribution in [0.15, 0.2) is 65.1 Å². The zero-order chi connectivity index (χ0) is 18.6. The number of carbonyl (C=O) groups excluding carboxylic acids is 1. The summed E-state index contributed by atoms with van der Waals surface area (Å²) in [6.07, 6.45) is 1.72. The first-order valence-corrected chi connectivity index (χ1v) is 10.2. The van der Waals surface area contributed by atoms with Crippen molar-refractivity contribution in [2.45, 2.75) is 11.9 Å². The molecule has 0 unspecified atom stereocenters. The van der Waals surface area contributed by atoms with Crippen LogP contribution in [0.1, 0.15) is 5.56 Å². The van der Waals surface area contributed by atoms with Gasteiger partial charge in [0, 0.05) is 17.0 Å². The number of fused-ring (bicyclic) bond motifs is 1. The number of carbonyl (C=O) groups is 1. The van der Waals surface area contributed by atoms with Crippen molar-refractivity contribution < 1.29 is 4.79 Å². The maximum atomic E-state index is 12.3. The van der Waals surface area contributed by atoms with Crippen molar-refractivity contribution in [2.24, 2.45) is 0 Å². The van der Waals surface area contributed by atoms with Gasteiger partial charge in [-0.1, -0.05) is 36.0 Å². The molecule has 0 radical (unpaired) electrons. The summed E-state index contributed by atoms with van der Waals surface area (Å²) in [5.74, 6) is 0.179. The molecule has 0 fully saturated rings. The number of para-hydroxylation sites is 1. The molecule has 5 nitrogen and oxygen atoms in total. The Bertz CT molecular complexity index is 1100. The molecule has 134 valence electrons. The summed E-state index contributed by atoms with van der Waals surface area (Å²) in [6.45, 7) is 2.06. The van der Waals surface area contributed by atoms with Gasteiger partial charge in [-0.05, 0) is 36.8 Å². The standard InChI is InChI=1S/C20H16N4OS2/c1-13-10-19(22-15-7-3-2-6-14(13)15)26-12-18(25)24-20-23-17(11-27-20)16-8-4-5-9-21-16/h2-11H,12H2,1H3,(H,23,24,25). The van der Waals surface area contributed by atoms with Crippen LogP contribution in [0.3, 0.4) is 0 Å². The van der Waals surface area contributed by atoms with Gasteiger partial charge in [-0.25, -0.2) is 9.97 Å². The average Bonchev–Trinajstić information content (AvgIpc) is 3.16. The van der Waals surface area contributed by atoms with Gasteiger partial charge in [0.15, 0.2) is 5.13 Å². The molecule has 0 spiro atoms. The zero-order valence-electron chi connectivity index (χ0n) is 14.5. The second-order valence-corrected chi connectivity index (χ2v) is 7.74. The third-order valence-corrected chi connectivity index (χ3v) is 5.60. The lowest BCUT2D eigenvalue weighted by Gasteiger charge is -2.06. The minimum absolute atomic E-state index is 0.102. The monoisotopic (exact) mass is 392 g/mol. The molecule has 0 aliphatic carbocycles. The van der Waals surface area contributed by atoms with Gasteiger partial charge in [-0.3, -0.25) is 9.78 Å². The predicted molar refractivity (Wildman–Crippen MR) is 111 cm³/mol. The van der Waals surface area contributed by atoms with Crippen LogP contribution in [0, 0.1) is 6.92 Å². The van der Waals surface area contributed by atoms with Gasteiger partial charge < -0.3 is 5.32 Å². The Balaban J connectivity index is 1.40. The Kier molecular flexibility index (Phi) is 5.13. The van der Waals surface area contributed by atoms with Crippen molar-refractivity contribution in [1.29, 1.82) is 0 Å². The molecule has 4 rings (SSSR count). The number of rotatable bonds is 5. The smallest absolute Gasteiger partial charge is 0.236 e. The van der Waals surface area contributed by atoms with E-state index in [1.165, 1.54) is 23.1 Å². The number of nitrogens with zero attached hydrogens (tertiary/aromatic N) is 3. The number of pyridine rings is 2. The molecule has 1 amide bonds. The quantitative estimate of drug-likeness (QED) is 0.495. The van der Waals surface area contributed by atoms with Crippen LogP contribution in [0.5, 0.6) is 0 Å². The molecule has 27 heavy (non-hydrogen) atoms. The van der Waals surface area contributed by atoms with Gasteiger partial charge >= 0.3 is 0 Å². The fourth-order valence-corrected chi connectivity index (χ4v) is 4.15. The van der Waals surface area contributed by atoms with E-state index in [4.69, 9.17) is 0 Å². The normalized spacial score (nSPS) is 10.9. The van der Waals surface area contributed by atoms with Gasteiger partial charge in [0.25, 0.3) is 0 Å². The molecule has 1 aromatic carbocycles. The molecular formula is C20H16N4OS2. The number of hydrogen-bond donors (Lipinski definition) is 1. The van der Waals surface area contributed by atoms with E-state index in [1.54, 1.807) is 6.20 Å². The van der Waals surface area contributed by atoms with Crippen molar-refractivity contribution in [2.75, 3.05) is 11.1 Å². The van der Waals surface area contributed by atoms with E-state index in [-0.39, 0.29) is 11.7 Å². The number of thioether (sulfide) groups is 1. The number of amides is 1. The summed E-state index contributed by atoms with van der Waals surface area (Å²) in [4.78, 5) is 25.6. The Morgan fingerprint density at radius 1 is 1.11 bits per heavy atom. The second-order valence-electron chi connectivity index (χ2n) is 5.88. The van der Waals surface area contributed by atoms with Crippen LogP contribution >= 0.6 is 23.1 Å². The molecule has 1 N–H and O–H groups in total. The van der Waals surface area contributed by atoms with Crippen molar-refractivity contribution in [3.05, 3.63) is 65.7 Å². The molecular weight excluding hydrogens is 376 g/mol. The highest BCUT2D eigenvalue weighted by atomic mass is 32.2. The molecule has 7 heteroatoms.